The van der Waals surface area contributed by atoms with Crippen molar-refractivity contribution in [3.8, 4) is 0 Å². The molecular formula is C9H16ClNO2. The molecule has 0 aromatic heterocycles. The number of carbonyl (C=O) groups is 1. The van der Waals surface area contributed by atoms with E-state index in [9.17, 15) is 9.90 Å². The molecule has 0 spiro atoms. The van der Waals surface area contributed by atoms with Crippen LogP contribution in [-0.4, -0.2) is 40.5 Å². The minimum Gasteiger partial charge on any atom is -0.388 e. The van der Waals surface area contributed by atoms with Gasteiger partial charge in [0.15, 0.2) is 0 Å². The summed E-state index contributed by atoms with van der Waals surface area (Å²) < 4.78 is 0. The van der Waals surface area contributed by atoms with Crippen LogP contribution in [0.2, 0.25) is 0 Å². The third-order valence-corrected chi connectivity index (χ3v) is 2.52. The Morgan fingerprint density at radius 2 is 2.38 bits per heavy atom. The highest BCUT2D eigenvalue weighted by Crippen LogP contribution is 2.20. The van der Waals surface area contributed by atoms with E-state index in [1.807, 2.05) is 0 Å². The number of piperidine rings is 1. The second-order valence-corrected chi connectivity index (χ2v) is 4.23. The SMILES string of the molecule is CC1(O)CCCN(C(=O)CCCl)C1. The van der Waals surface area contributed by atoms with Crippen molar-refractivity contribution in [3.05, 3.63) is 0 Å². The molecule has 0 radical (unpaired) electrons. The molecule has 1 saturated heterocycles. The second-order valence-electron chi connectivity index (χ2n) is 3.85. The van der Waals surface area contributed by atoms with E-state index in [0.717, 1.165) is 19.4 Å². The quantitative estimate of drug-likeness (QED) is 0.683. The number of hydrogen-bond donors (Lipinski definition) is 1. The monoisotopic (exact) mass is 205 g/mol. The number of nitrogens with zero attached hydrogens (tertiary/aromatic N) is 1. The lowest BCUT2D eigenvalue weighted by Crippen LogP contribution is -2.48. The Labute approximate surface area is 83.7 Å². The molecule has 1 aliphatic rings. The van der Waals surface area contributed by atoms with Crippen LogP contribution in [0.25, 0.3) is 0 Å². The van der Waals surface area contributed by atoms with E-state index in [4.69, 9.17) is 11.6 Å². The number of alkyl halides is 1. The molecule has 0 aliphatic carbocycles. The number of halogens is 1. The number of aliphatic hydroxyl groups is 1. The molecule has 1 N–H and O–H groups in total. The summed E-state index contributed by atoms with van der Waals surface area (Å²) in [5.41, 5.74) is -0.708. The van der Waals surface area contributed by atoms with E-state index >= 15 is 0 Å². The van der Waals surface area contributed by atoms with Crippen molar-refractivity contribution >= 4 is 17.5 Å². The molecule has 1 fully saturated rings. The lowest BCUT2D eigenvalue weighted by molar-refractivity contribution is -0.137. The summed E-state index contributed by atoms with van der Waals surface area (Å²) in [6, 6.07) is 0. The molecule has 3 nitrogen and oxygen atoms in total. The van der Waals surface area contributed by atoms with E-state index in [1.54, 1.807) is 11.8 Å². The third-order valence-electron chi connectivity index (χ3n) is 2.34. The molecular weight excluding hydrogens is 190 g/mol. The van der Waals surface area contributed by atoms with Crippen molar-refractivity contribution in [2.75, 3.05) is 19.0 Å². The molecule has 0 bridgehead atoms. The summed E-state index contributed by atoms with van der Waals surface area (Å²) in [7, 11) is 0. The van der Waals surface area contributed by atoms with Gasteiger partial charge < -0.3 is 10.0 Å². The van der Waals surface area contributed by atoms with Gasteiger partial charge in [-0.3, -0.25) is 4.79 Å². The molecule has 0 aromatic carbocycles. The minimum atomic E-state index is -0.708. The van der Waals surface area contributed by atoms with Gasteiger partial charge in [0, 0.05) is 25.4 Å². The maximum absolute atomic E-state index is 11.4. The first kappa shape index (κ1) is 10.8. The number of β-amino-alcohol motifs (C(OH)–C–C–N with tert-alkyl or cyclic N) is 1. The lowest BCUT2D eigenvalue weighted by atomic mass is 9.95. The molecule has 0 saturated carbocycles. The number of hydrogen-bond acceptors (Lipinski definition) is 2. The Hall–Kier alpha value is -0.280. The van der Waals surface area contributed by atoms with Gasteiger partial charge >= 0.3 is 0 Å². The van der Waals surface area contributed by atoms with E-state index in [2.05, 4.69) is 0 Å². The van der Waals surface area contributed by atoms with Gasteiger partial charge in [0.25, 0.3) is 0 Å². The number of carbonyl (C=O) groups excluding carboxylic acids is 1. The van der Waals surface area contributed by atoms with Crippen molar-refractivity contribution in [3.63, 3.8) is 0 Å². The van der Waals surface area contributed by atoms with E-state index in [0.29, 0.717) is 18.8 Å². The van der Waals surface area contributed by atoms with Crippen molar-refractivity contribution in [2.45, 2.75) is 31.8 Å². The van der Waals surface area contributed by atoms with Crippen molar-refractivity contribution in [1.82, 2.24) is 4.90 Å². The first-order valence-corrected chi connectivity index (χ1v) is 5.15. The topological polar surface area (TPSA) is 40.5 Å². The fraction of sp³-hybridized carbons (Fsp3) is 0.889. The molecule has 13 heavy (non-hydrogen) atoms. The highest BCUT2D eigenvalue weighted by atomic mass is 35.5. The van der Waals surface area contributed by atoms with Crippen LogP contribution in [0, 0.1) is 0 Å². The summed E-state index contributed by atoms with van der Waals surface area (Å²) in [4.78, 5) is 13.1. The van der Waals surface area contributed by atoms with Crippen molar-refractivity contribution in [1.29, 1.82) is 0 Å². The molecule has 4 heteroatoms. The zero-order valence-electron chi connectivity index (χ0n) is 7.92. The largest absolute Gasteiger partial charge is 0.388 e. The number of rotatable bonds is 2. The highest BCUT2D eigenvalue weighted by Gasteiger charge is 2.30. The normalized spacial score (nSPS) is 29.0. The molecule has 1 atom stereocenters. The zero-order valence-corrected chi connectivity index (χ0v) is 8.68. The van der Waals surface area contributed by atoms with Crippen LogP contribution in [-0.2, 0) is 4.79 Å². The Morgan fingerprint density at radius 1 is 1.69 bits per heavy atom. The standard InChI is InChI=1S/C9H16ClNO2/c1-9(13)4-2-6-11(7-9)8(12)3-5-10/h13H,2-7H2,1H3. The van der Waals surface area contributed by atoms with Crippen molar-refractivity contribution < 1.29 is 9.90 Å². The van der Waals surface area contributed by atoms with Gasteiger partial charge in [0.1, 0.15) is 0 Å². The average molecular weight is 206 g/mol. The first-order chi connectivity index (χ1) is 6.05. The number of amides is 1. The molecule has 1 heterocycles. The average Bonchev–Trinajstić information content (AvgIpc) is 2.03. The first-order valence-electron chi connectivity index (χ1n) is 4.61. The van der Waals surface area contributed by atoms with Gasteiger partial charge in [-0.15, -0.1) is 11.6 Å². The van der Waals surface area contributed by atoms with Gasteiger partial charge in [0.05, 0.1) is 5.60 Å². The van der Waals surface area contributed by atoms with Crippen LogP contribution >= 0.6 is 11.6 Å². The Bertz CT molecular complexity index is 194. The fourth-order valence-electron chi connectivity index (χ4n) is 1.67. The number of likely N-dealkylation sites (tertiary alicyclic amines) is 1. The van der Waals surface area contributed by atoms with Crippen LogP contribution < -0.4 is 0 Å². The summed E-state index contributed by atoms with van der Waals surface area (Å²) in [5, 5.41) is 9.74. The Kier molecular flexibility index (Phi) is 3.56. The predicted octanol–water partition coefficient (Wildman–Crippen LogP) is 0.989. The summed E-state index contributed by atoms with van der Waals surface area (Å²) in [6.45, 7) is 2.97. The molecule has 1 amide bonds. The summed E-state index contributed by atoms with van der Waals surface area (Å²) in [5.74, 6) is 0.410. The van der Waals surface area contributed by atoms with E-state index < -0.39 is 5.60 Å². The van der Waals surface area contributed by atoms with Crippen LogP contribution in [0.15, 0.2) is 0 Å². The molecule has 1 unspecified atom stereocenters. The third kappa shape index (κ3) is 3.16. The summed E-state index contributed by atoms with van der Waals surface area (Å²) in [6.07, 6.45) is 2.02. The summed E-state index contributed by atoms with van der Waals surface area (Å²) >= 11 is 5.48. The van der Waals surface area contributed by atoms with Gasteiger partial charge in [-0.1, -0.05) is 0 Å². The van der Waals surface area contributed by atoms with Crippen LogP contribution in [0.1, 0.15) is 26.2 Å². The van der Waals surface area contributed by atoms with Gasteiger partial charge in [-0.25, -0.2) is 0 Å². The van der Waals surface area contributed by atoms with E-state index in [-0.39, 0.29) is 5.91 Å². The zero-order chi connectivity index (χ0) is 9.90. The molecule has 0 aromatic rings. The van der Waals surface area contributed by atoms with Crippen LogP contribution in [0.4, 0.5) is 0 Å². The predicted molar refractivity (Wildman–Crippen MR) is 51.8 cm³/mol. The maximum Gasteiger partial charge on any atom is 0.223 e. The van der Waals surface area contributed by atoms with Gasteiger partial charge in [-0.05, 0) is 19.8 Å². The smallest absolute Gasteiger partial charge is 0.223 e. The Balaban J connectivity index is 2.47. The maximum atomic E-state index is 11.4. The minimum absolute atomic E-state index is 0.0509. The molecule has 1 rings (SSSR count). The molecule has 1 aliphatic heterocycles. The fourth-order valence-corrected chi connectivity index (χ4v) is 1.83. The Morgan fingerprint density at radius 3 is 2.92 bits per heavy atom. The van der Waals surface area contributed by atoms with Crippen LogP contribution in [0.3, 0.4) is 0 Å². The lowest BCUT2D eigenvalue weighted by Gasteiger charge is -2.36. The van der Waals surface area contributed by atoms with Gasteiger partial charge in [-0.2, -0.15) is 0 Å². The van der Waals surface area contributed by atoms with Gasteiger partial charge in [0.2, 0.25) is 5.91 Å². The molecule has 76 valence electrons. The highest BCUT2D eigenvalue weighted by molar-refractivity contribution is 6.18. The second kappa shape index (κ2) is 4.29. The van der Waals surface area contributed by atoms with E-state index in [1.165, 1.54) is 0 Å². The van der Waals surface area contributed by atoms with Crippen molar-refractivity contribution in [2.24, 2.45) is 0 Å². The van der Waals surface area contributed by atoms with Crippen LogP contribution in [0.5, 0.6) is 0 Å².